The van der Waals surface area contributed by atoms with E-state index in [-0.39, 0.29) is 10.9 Å². The standard InChI is InChI=1S/C10H10N2O2S/c1-7-10(6-11)15(13,14)9-5-3-2-4-8(9)12-7/h2-5,7,10,12H,1H3. The zero-order valence-electron chi connectivity index (χ0n) is 8.14. The highest BCUT2D eigenvalue weighted by atomic mass is 32.2. The molecule has 5 heteroatoms. The molecule has 1 N–H and O–H groups in total. The Kier molecular flexibility index (Phi) is 2.16. The van der Waals surface area contributed by atoms with Gasteiger partial charge in [-0.2, -0.15) is 5.26 Å². The van der Waals surface area contributed by atoms with Crippen LogP contribution < -0.4 is 5.32 Å². The quantitative estimate of drug-likeness (QED) is 0.715. The lowest BCUT2D eigenvalue weighted by Crippen LogP contribution is -2.40. The zero-order chi connectivity index (χ0) is 11.1. The Bertz CT molecular complexity index is 531. The predicted molar refractivity (Wildman–Crippen MR) is 56.1 cm³/mol. The Labute approximate surface area is 88.5 Å². The van der Waals surface area contributed by atoms with Gasteiger partial charge in [0.15, 0.2) is 15.1 Å². The number of para-hydroxylation sites is 1. The van der Waals surface area contributed by atoms with Gasteiger partial charge in [0.1, 0.15) is 0 Å². The Morgan fingerprint density at radius 1 is 1.40 bits per heavy atom. The van der Waals surface area contributed by atoms with Crippen molar-refractivity contribution in [3.8, 4) is 6.07 Å². The lowest BCUT2D eigenvalue weighted by atomic mass is 10.2. The van der Waals surface area contributed by atoms with Gasteiger partial charge >= 0.3 is 0 Å². The summed E-state index contributed by atoms with van der Waals surface area (Å²) in [5.74, 6) is 0. The molecule has 15 heavy (non-hydrogen) atoms. The van der Waals surface area contributed by atoms with Gasteiger partial charge in [-0.05, 0) is 19.1 Å². The molecule has 2 atom stereocenters. The van der Waals surface area contributed by atoms with Crippen LogP contribution in [0.15, 0.2) is 29.2 Å². The highest BCUT2D eigenvalue weighted by Crippen LogP contribution is 2.31. The van der Waals surface area contributed by atoms with Gasteiger partial charge in [0, 0.05) is 0 Å². The Hall–Kier alpha value is -1.54. The van der Waals surface area contributed by atoms with Crippen molar-refractivity contribution < 1.29 is 8.42 Å². The lowest BCUT2D eigenvalue weighted by Gasteiger charge is -2.27. The van der Waals surface area contributed by atoms with E-state index in [1.54, 1.807) is 25.1 Å². The van der Waals surface area contributed by atoms with Crippen LogP contribution in [0, 0.1) is 11.3 Å². The van der Waals surface area contributed by atoms with E-state index in [4.69, 9.17) is 5.26 Å². The summed E-state index contributed by atoms with van der Waals surface area (Å²) >= 11 is 0. The number of anilines is 1. The molecule has 0 amide bonds. The van der Waals surface area contributed by atoms with Crippen molar-refractivity contribution in [3.05, 3.63) is 24.3 Å². The normalized spacial score (nSPS) is 27.2. The topological polar surface area (TPSA) is 70.0 Å². The molecule has 0 spiro atoms. The molecule has 0 saturated heterocycles. The first kappa shape index (κ1) is 9.99. The number of nitrogens with zero attached hydrogens (tertiary/aromatic N) is 1. The van der Waals surface area contributed by atoms with E-state index in [0.29, 0.717) is 5.69 Å². The molecule has 4 nitrogen and oxygen atoms in total. The largest absolute Gasteiger partial charge is 0.379 e. The second kappa shape index (κ2) is 3.24. The summed E-state index contributed by atoms with van der Waals surface area (Å²) in [6.45, 7) is 1.70. The van der Waals surface area contributed by atoms with Crippen LogP contribution >= 0.6 is 0 Å². The fraction of sp³-hybridized carbons (Fsp3) is 0.300. The molecule has 1 aromatic rings. The maximum Gasteiger partial charge on any atom is 0.198 e. The minimum atomic E-state index is -3.51. The van der Waals surface area contributed by atoms with Crippen LogP contribution in [-0.4, -0.2) is 19.7 Å². The molecule has 78 valence electrons. The van der Waals surface area contributed by atoms with E-state index >= 15 is 0 Å². The first-order valence-electron chi connectivity index (χ1n) is 4.56. The molecule has 0 radical (unpaired) electrons. The fourth-order valence-electron chi connectivity index (χ4n) is 1.74. The summed E-state index contributed by atoms with van der Waals surface area (Å²) in [6.07, 6.45) is 0. The molecule has 1 heterocycles. The molecule has 1 aromatic carbocycles. The summed E-state index contributed by atoms with van der Waals surface area (Å²) in [5, 5.41) is 10.9. The van der Waals surface area contributed by atoms with Gasteiger partial charge in [0.2, 0.25) is 0 Å². The van der Waals surface area contributed by atoms with Crippen molar-refractivity contribution in [2.24, 2.45) is 0 Å². The number of nitrogens with one attached hydrogen (secondary N) is 1. The Morgan fingerprint density at radius 3 is 2.73 bits per heavy atom. The number of nitriles is 1. The molecular weight excluding hydrogens is 212 g/mol. The first-order chi connectivity index (χ1) is 7.07. The summed E-state index contributed by atoms with van der Waals surface area (Å²) in [5.41, 5.74) is 0.580. The highest BCUT2D eigenvalue weighted by molar-refractivity contribution is 7.92. The number of fused-ring (bicyclic) bond motifs is 1. The SMILES string of the molecule is CC1Nc2ccccc2S(=O)(=O)C1C#N. The van der Waals surface area contributed by atoms with Crippen LogP contribution in [0.5, 0.6) is 0 Å². The van der Waals surface area contributed by atoms with Gasteiger partial charge in [-0.25, -0.2) is 8.42 Å². The van der Waals surface area contributed by atoms with Crippen LogP contribution in [0.2, 0.25) is 0 Å². The third kappa shape index (κ3) is 1.38. The van der Waals surface area contributed by atoms with Crippen molar-refractivity contribution in [2.45, 2.75) is 23.1 Å². The fourth-order valence-corrected chi connectivity index (χ4v) is 3.46. The molecule has 1 aliphatic rings. The Balaban J connectivity index is 2.68. The van der Waals surface area contributed by atoms with Gasteiger partial charge < -0.3 is 5.32 Å². The molecule has 0 saturated carbocycles. The second-order valence-electron chi connectivity index (χ2n) is 3.52. The number of rotatable bonds is 0. The Morgan fingerprint density at radius 2 is 2.07 bits per heavy atom. The number of sulfone groups is 1. The monoisotopic (exact) mass is 222 g/mol. The van der Waals surface area contributed by atoms with Crippen LogP contribution in [0.3, 0.4) is 0 Å². The average molecular weight is 222 g/mol. The van der Waals surface area contributed by atoms with E-state index in [1.807, 2.05) is 6.07 Å². The van der Waals surface area contributed by atoms with Crippen molar-refractivity contribution in [1.29, 1.82) is 5.26 Å². The summed E-state index contributed by atoms with van der Waals surface area (Å²) < 4.78 is 24.0. The van der Waals surface area contributed by atoms with Crippen molar-refractivity contribution >= 4 is 15.5 Å². The number of benzene rings is 1. The van der Waals surface area contributed by atoms with Gasteiger partial charge in [-0.3, -0.25) is 0 Å². The highest BCUT2D eigenvalue weighted by Gasteiger charge is 2.38. The lowest BCUT2D eigenvalue weighted by molar-refractivity contribution is 0.578. The van der Waals surface area contributed by atoms with Crippen molar-refractivity contribution in [3.63, 3.8) is 0 Å². The van der Waals surface area contributed by atoms with E-state index in [9.17, 15) is 8.42 Å². The molecule has 0 aliphatic carbocycles. The molecule has 2 unspecified atom stereocenters. The van der Waals surface area contributed by atoms with Crippen LogP contribution in [0.1, 0.15) is 6.92 Å². The van der Waals surface area contributed by atoms with Crippen LogP contribution in [0.4, 0.5) is 5.69 Å². The van der Waals surface area contributed by atoms with Crippen molar-refractivity contribution in [2.75, 3.05) is 5.32 Å². The zero-order valence-corrected chi connectivity index (χ0v) is 8.95. The molecule has 1 aliphatic heterocycles. The van der Waals surface area contributed by atoms with E-state index in [1.165, 1.54) is 6.07 Å². The molecule has 0 aromatic heterocycles. The third-order valence-electron chi connectivity index (χ3n) is 2.49. The first-order valence-corrected chi connectivity index (χ1v) is 6.11. The molecule has 0 fully saturated rings. The van der Waals surface area contributed by atoms with Crippen molar-refractivity contribution in [1.82, 2.24) is 0 Å². The number of hydrogen-bond acceptors (Lipinski definition) is 4. The van der Waals surface area contributed by atoms with E-state index in [2.05, 4.69) is 5.32 Å². The van der Waals surface area contributed by atoms with Gasteiger partial charge in [0.05, 0.1) is 22.7 Å². The minimum absolute atomic E-state index is 0.217. The van der Waals surface area contributed by atoms with Gasteiger partial charge in [-0.1, -0.05) is 12.1 Å². The third-order valence-corrected chi connectivity index (χ3v) is 4.64. The van der Waals surface area contributed by atoms with Gasteiger partial charge in [-0.15, -0.1) is 0 Å². The summed E-state index contributed by atoms with van der Waals surface area (Å²) in [7, 11) is -3.51. The maximum absolute atomic E-state index is 12.0. The molecule has 2 rings (SSSR count). The maximum atomic E-state index is 12.0. The van der Waals surface area contributed by atoms with Crippen LogP contribution in [0.25, 0.3) is 0 Å². The summed E-state index contributed by atoms with van der Waals surface area (Å²) in [6, 6.07) is 8.10. The van der Waals surface area contributed by atoms with E-state index in [0.717, 1.165) is 0 Å². The van der Waals surface area contributed by atoms with E-state index < -0.39 is 15.1 Å². The predicted octanol–water partition coefficient (Wildman–Crippen LogP) is 1.17. The smallest absolute Gasteiger partial charge is 0.198 e. The number of hydrogen-bond donors (Lipinski definition) is 1. The summed E-state index contributed by atoms with van der Waals surface area (Å²) in [4.78, 5) is 0.217. The second-order valence-corrected chi connectivity index (χ2v) is 5.56. The van der Waals surface area contributed by atoms with Crippen LogP contribution in [-0.2, 0) is 9.84 Å². The van der Waals surface area contributed by atoms with Gasteiger partial charge in [0.25, 0.3) is 0 Å². The average Bonchev–Trinajstić information content (AvgIpc) is 2.17. The molecule has 0 bridgehead atoms. The minimum Gasteiger partial charge on any atom is -0.379 e. The molecular formula is C10H10N2O2S.